The van der Waals surface area contributed by atoms with E-state index in [1.165, 1.54) is 31.0 Å². The largest absolute Gasteiger partial charge is 0.544 e. The lowest BCUT2D eigenvalue weighted by Gasteiger charge is -2.19. The highest BCUT2D eigenvalue weighted by molar-refractivity contribution is 7.99. The van der Waals surface area contributed by atoms with E-state index in [1.54, 1.807) is 6.92 Å². The third kappa shape index (κ3) is 14.4. The summed E-state index contributed by atoms with van der Waals surface area (Å²) in [6.07, 6.45) is 0.448. The van der Waals surface area contributed by atoms with Crippen molar-refractivity contribution in [3.63, 3.8) is 0 Å². The number of ether oxygens (including phenoxy) is 2. The van der Waals surface area contributed by atoms with Crippen LogP contribution in [0.3, 0.4) is 0 Å². The number of carbonyl (C=O) groups excluding carboxylic acids is 6. The molecule has 0 heterocycles. The standard InChI is InChI=1S/C27H36Cl2N4O11S/c1-3-14(25(39)15-4-6-18(24(29)23(15)28)44-12-20(35)31-11-22(38)43-2)8-9-45-13-17(26(40)32-10-21(36)37)33-19(34)7-5-16(30)27(41)42/h4,6,14,16-17H,3,5,7-13,30H2,1-2H3,(H,31,35)(H,32,40)(H,33,34)(H,36,37)(H,41,42)/t14?,16-,17-/m0/s1. The van der Waals surface area contributed by atoms with Crippen LogP contribution in [0.15, 0.2) is 12.1 Å². The molecule has 0 aliphatic heterocycles. The minimum Gasteiger partial charge on any atom is -0.544 e. The predicted molar refractivity (Wildman–Crippen MR) is 161 cm³/mol. The Bertz CT molecular complexity index is 1250. The number of thioether (sulfide) groups is 1. The number of aliphatic carboxylic acids is 2. The first-order valence-corrected chi connectivity index (χ1v) is 15.5. The van der Waals surface area contributed by atoms with Gasteiger partial charge in [-0.25, -0.2) is 0 Å². The molecular formula is C27H36Cl2N4O11S. The van der Waals surface area contributed by atoms with Crippen LogP contribution in [0, 0.1) is 5.92 Å². The molecule has 45 heavy (non-hydrogen) atoms. The van der Waals surface area contributed by atoms with Gasteiger partial charge < -0.3 is 46.2 Å². The van der Waals surface area contributed by atoms with Crippen LogP contribution in [0.25, 0.3) is 0 Å². The second-order valence-corrected chi connectivity index (χ2v) is 11.4. The summed E-state index contributed by atoms with van der Waals surface area (Å²) >= 11 is 13.9. The van der Waals surface area contributed by atoms with Crippen LogP contribution in [0.1, 0.15) is 43.0 Å². The summed E-state index contributed by atoms with van der Waals surface area (Å²) in [5.74, 6) is -5.63. The highest BCUT2D eigenvalue weighted by atomic mass is 35.5. The van der Waals surface area contributed by atoms with Gasteiger partial charge in [0.1, 0.15) is 35.9 Å². The summed E-state index contributed by atoms with van der Waals surface area (Å²) < 4.78 is 9.79. The van der Waals surface area contributed by atoms with Crippen LogP contribution >= 0.6 is 35.0 Å². The Morgan fingerprint density at radius 1 is 1.02 bits per heavy atom. The van der Waals surface area contributed by atoms with Crippen LogP contribution in [0.2, 0.25) is 10.0 Å². The van der Waals surface area contributed by atoms with E-state index in [1.807, 2.05) is 0 Å². The van der Waals surface area contributed by atoms with E-state index in [2.05, 4.69) is 26.4 Å². The highest BCUT2D eigenvalue weighted by Gasteiger charge is 2.25. The first-order chi connectivity index (χ1) is 21.2. The fourth-order valence-electron chi connectivity index (χ4n) is 3.60. The van der Waals surface area contributed by atoms with Gasteiger partial charge in [-0.05, 0) is 30.7 Å². The Hall–Kier alpha value is -3.60. The highest BCUT2D eigenvalue weighted by Crippen LogP contribution is 2.36. The van der Waals surface area contributed by atoms with Gasteiger partial charge in [-0.15, -0.1) is 0 Å². The van der Waals surface area contributed by atoms with Crippen LogP contribution < -0.4 is 31.5 Å². The summed E-state index contributed by atoms with van der Waals surface area (Å²) in [5.41, 5.74) is 3.51. The third-order valence-electron chi connectivity index (χ3n) is 6.21. The maximum atomic E-state index is 13.3. The van der Waals surface area contributed by atoms with Gasteiger partial charge in [0.2, 0.25) is 11.8 Å². The number of carboxylic acids is 2. The predicted octanol–water partition coefficient (Wildman–Crippen LogP) is -1.18. The molecule has 0 saturated heterocycles. The lowest BCUT2D eigenvalue weighted by atomic mass is 9.93. The molecule has 0 bridgehead atoms. The Balaban J connectivity index is 2.79. The fraction of sp³-hybridized carbons (Fsp3) is 0.519. The number of carbonyl (C=O) groups is 7. The number of rotatable bonds is 21. The fourth-order valence-corrected chi connectivity index (χ4v) is 5.15. The molecule has 3 atom stereocenters. The summed E-state index contributed by atoms with van der Waals surface area (Å²) in [4.78, 5) is 82.8. The van der Waals surface area contributed by atoms with Crippen LogP contribution in [-0.4, -0.2) is 96.9 Å². The molecule has 18 heteroatoms. The number of carboxylic acid groups (broad SMARTS) is 2. The van der Waals surface area contributed by atoms with Gasteiger partial charge in [0.05, 0.1) is 18.1 Å². The van der Waals surface area contributed by atoms with Crippen molar-refractivity contribution < 1.29 is 59.0 Å². The molecule has 0 saturated carbocycles. The van der Waals surface area contributed by atoms with Gasteiger partial charge >= 0.3 is 11.9 Å². The lowest BCUT2D eigenvalue weighted by molar-refractivity contribution is -0.438. The number of halogens is 2. The van der Waals surface area contributed by atoms with Crippen molar-refractivity contribution >= 4 is 76.4 Å². The molecule has 0 aliphatic carbocycles. The molecule has 0 spiro atoms. The number of hydrogen-bond donors (Lipinski definition) is 5. The van der Waals surface area contributed by atoms with Crippen molar-refractivity contribution in [1.82, 2.24) is 16.0 Å². The number of methoxy groups -OCH3 is 1. The normalized spacial score (nSPS) is 12.6. The number of amides is 3. The van der Waals surface area contributed by atoms with Gasteiger partial charge in [-0.1, -0.05) is 30.1 Å². The number of nitrogens with one attached hydrogen (secondary N) is 3. The first-order valence-electron chi connectivity index (χ1n) is 13.6. The number of benzene rings is 1. The van der Waals surface area contributed by atoms with E-state index in [4.69, 9.17) is 33.0 Å². The van der Waals surface area contributed by atoms with E-state index in [0.29, 0.717) is 18.6 Å². The minimum absolute atomic E-state index is 0.0436. The molecule has 1 rings (SSSR count). The van der Waals surface area contributed by atoms with Crippen LogP contribution in [0.5, 0.6) is 5.75 Å². The van der Waals surface area contributed by atoms with Crippen LogP contribution in [-0.2, 0) is 33.5 Å². The molecule has 15 nitrogen and oxygen atoms in total. The van der Waals surface area contributed by atoms with Crippen molar-refractivity contribution in [3.8, 4) is 5.75 Å². The van der Waals surface area contributed by atoms with Crippen molar-refractivity contribution in [2.24, 2.45) is 5.92 Å². The topological polar surface area (TPSA) is 245 Å². The molecule has 1 unspecified atom stereocenters. The minimum atomic E-state index is -1.42. The number of hydrogen-bond acceptors (Lipinski definition) is 11. The van der Waals surface area contributed by atoms with E-state index < -0.39 is 66.8 Å². The molecule has 1 aromatic rings. The maximum absolute atomic E-state index is 13.3. The van der Waals surface area contributed by atoms with Crippen LogP contribution in [0.4, 0.5) is 0 Å². The molecule has 0 aliphatic rings. The average molecular weight is 696 g/mol. The van der Waals surface area contributed by atoms with E-state index in [-0.39, 0.29) is 52.3 Å². The van der Waals surface area contributed by atoms with Crippen molar-refractivity contribution in [3.05, 3.63) is 27.7 Å². The van der Waals surface area contributed by atoms with Gasteiger partial charge in [0.25, 0.3) is 5.91 Å². The van der Waals surface area contributed by atoms with Gasteiger partial charge in [-0.2, -0.15) is 11.8 Å². The van der Waals surface area contributed by atoms with Crippen molar-refractivity contribution in [1.29, 1.82) is 0 Å². The molecule has 0 aromatic heterocycles. The summed E-state index contributed by atoms with van der Waals surface area (Å²) in [7, 11) is 1.18. The summed E-state index contributed by atoms with van der Waals surface area (Å²) in [6, 6.07) is 0.574. The van der Waals surface area contributed by atoms with Crippen molar-refractivity contribution in [2.75, 3.05) is 38.3 Å². The molecule has 0 radical (unpaired) electrons. The molecular weight excluding hydrogens is 659 g/mol. The van der Waals surface area contributed by atoms with E-state index in [9.17, 15) is 38.7 Å². The molecule has 0 fully saturated rings. The Labute approximate surface area is 273 Å². The summed E-state index contributed by atoms with van der Waals surface area (Å²) in [5, 5.41) is 26.5. The zero-order valence-corrected chi connectivity index (χ0v) is 27.0. The smallest absolute Gasteiger partial charge is 0.325 e. The zero-order chi connectivity index (χ0) is 34.1. The van der Waals surface area contributed by atoms with Gasteiger partial charge in [0, 0.05) is 30.1 Å². The second-order valence-electron chi connectivity index (χ2n) is 9.50. The van der Waals surface area contributed by atoms with Crippen molar-refractivity contribution in [2.45, 2.75) is 44.7 Å². The van der Waals surface area contributed by atoms with Gasteiger partial charge in [-0.3, -0.25) is 28.8 Å². The molecule has 1 aromatic carbocycles. The second kappa shape index (κ2) is 20.4. The maximum Gasteiger partial charge on any atom is 0.325 e. The molecule has 3 amide bonds. The Kier molecular flexibility index (Phi) is 17.9. The summed E-state index contributed by atoms with van der Waals surface area (Å²) in [6.45, 7) is 0.331. The SMILES string of the molecule is CCC(CCSC[C@H](NC(=O)CC[C@H]([NH3+])C(=O)[O-])C(=O)NCC(=O)O)C(=O)c1ccc(OCC(=O)NCC(=O)OC)c(Cl)c1Cl. The quantitative estimate of drug-likeness (QED) is 0.0580. The average Bonchev–Trinajstić information content (AvgIpc) is 3.00. The number of quaternary nitrogens is 1. The molecule has 7 N–H and O–H groups in total. The third-order valence-corrected chi connectivity index (χ3v) is 8.16. The number of Topliss-reactive ketones (excluding diaryl/α,β-unsaturated/α-hetero) is 1. The first kappa shape index (κ1) is 39.4. The van der Waals surface area contributed by atoms with E-state index in [0.717, 1.165) is 0 Å². The van der Waals surface area contributed by atoms with Gasteiger partial charge in [0.15, 0.2) is 12.4 Å². The number of ketones is 1. The lowest BCUT2D eigenvalue weighted by Crippen LogP contribution is -2.68. The zero-order valence-electron chi connectivity index (χ0n) is 24.7. The van der Waals surface area contributed by atoms with E-state index >= 15 is 0 Å². The molecule has 250 valence electrons. The monoisotopic (exact) mass is 694 g/mol. The Morgan fingerprint density at radius 2 is 1.71 bits per heavy atom. The Morgan fingerprint density at radius 3 is 2.31 bits per heavy atom. The number of esters is 1.